The molecule has 5 heteroatoms. The first-order valence-corrected chi connectivity index (χ1v) is 9.09. The van der Waals surface area contributed by atoms with Crippen LogP contribution in [0.15, 0.2) is 48.5 Å². The molecular formula is C21H26N2O3. The minimum absolute atomic E-state index is 0.0247. The molecule has 0 atom stereocenters. The summed E-state index contributed by atoms with van der Waals surface area (Å²) in [5.74, 6) is 0.487. The summed E-state index contributed by atoms with van der Waals surface area (Å²) in [5.41, 5.74) is 2.82. The van der Waals surface area contributed by atoms with Crippen molar-refractivity contribution in [1.82, 2.24) is 5.32 Å². The summed E-state index contributed by atoms with van der Waals surface area (Å²) in [6.45, 7) is 7.77. The number of carbonyl (C=O) groups is 1. The number of nitrogens with zero attached hydrogens (tertiary/aromatic N) is 1. The van der Waals surface area contributed by atoms with E-state index in [-0.39, 0.29) is 12.0 Å². The molecule has 0 radical (unpaired) electrons. The van der Waals surface area contributed by atoms with Crippen LogP contribution in [0.4, 0.5) is 5.69 Å². The second kappa shape index (κ2) is 8.72. The van der Waals surface area contributed by atoms with Crippen molar-refractivity contribution in [3.63, 3.8) is 0 Å². The third-order valence-electron chi connectivity index (χ3n) is 4.26. The monoisotopic (exact) mass is 354 g/mol. The highest BCUT2D eigenvalue weighted by Gasteiger charge is 2.13. The van der Waals surface area contributed by atoms with Gasteiger partial charge in [0.25, 0.3) is 5.91 Å². The van der Waals surface area contributed by atoms with Crippen LogP contribution in [-0.4, -0.2) is 38.3 Å². The molecule has 1 fully saturated rings. The van der Waals surface area contributed by atoms with Crippen LogP contribution in [0.3, 0.4) is 0 Å². The predicted octanol–water partition coefficient (Wildman–Crippen LogP) is 3.24. The maximum atomic E-state index is 12.5. The zero-order valence-electron chi connectivity index (χ0n) is 15.4. The first kappa shape index (κ1) is 18.3. The lowest BCUT2D eigenvalue weighted by Gasteiger charge is -2.28. The molecule has 0 spiro atoms. The van der Waals surface area contributed by atoms with Crippen molar-refractivity contribution in [3.8, 4) is 5.75 Å². The van der Waals surface area contributed by atoms with Crippen LogP contribution in [0.1, 0.15) is 29.8 Å². The highest BCUT2D eigenvalue weighted by atomic mass is 16.5. The number of anilines is 1. The topological polar surface area (TPSA) is 50.8 Å². The molecule has 1 aliphatic heterocycles. The Bertz CT molecular complexity index is 722. The Morgan fingerprint density at radius 1 is 1.12 bits per heavy atom. The van der Waals surface area contributed by atoms with Crippen LogP contribution in [0.5, 0.6) is 5.75 Å². The summed E-state index contributed by atoms with van der Waals surface area (Å²) in [5, 5.41) is 2.98. The maximum absolute atomic E-state index is 12.5. The number of ether oxygens (including phenoxy) is 2. The van der Waals surface area contributed by atoms with Gasteiger partial charge < -0.3 is 19.7 Å². The first-order chi connectivity index (χ1) is 12.6. The summed E-state index contributed by atoms with van der Waals surface area (Å²) in [6, 6.07) is 15.6. The average molecular weight is 354 g/mol. The molecule has 5 nitrogen and oxygen atoms in total. The fraction of sp³-hybridized carbons (Fsp3) is 0.381. The zero-order valence-corrected chi connectivity index (χ0v) is 15.4. The van der Waals surface area contributed by atoms with E-state index < -0.39 is 0 Å². The molecule has 1 amide bonds. The van der Waals surface area contributed by atoms with Gasteiger partial charge in [0.05, 0.1) is 24.9 Å². The number of carbonyl (C=O) groups excluding carboxylic acids is 1. The molecule has 0 saturated carbocycles. The van der Waals surface area contributed by atoms with Gasteiger partial charge in [-0.05, 0) is 43.7 Å². The van der Waals surface area contributed by atoms with Gasteiger partial charge >= 0.3 is 0 Å². The number of para-hydroxylation sites is 1. The van der Waals surface area contributed by atoms with Crippen LogP contribution in [0, 0.1) is 0 Å². The van der Waals surface area contributed by atoms with Gasteiger partial charge in [-0.15, -0.1) is 0 Å². The SMILES string of the molecule is CC(C)Oc1ccccc1C(=O)NCc1ccc(N2CCOCC2)cc1. The second-order valence-electron chi connectivity index (χ2n) is 6.61. The molecule has 1 aliphatic rings. The van der Waals surface area contributed by atoms with E-state index in [0.717, 1.165) is 31.9 Å². The standard InChI is InChI=1S/C21H26N2O3/c1-16(2)26-20-6-4-3-5-19(20)21(24)22-15-17-7-9-18(10-8-17)23-11-13-25-14-12-23/h3-10,16H,11-15H2,1-2H3,(H,22,24). The minimum atomic E-state index is -0.126. The summed E-state index contributed by atoms with van der Waals surface area (Å²) in [7, 11) is 0. The van der Waals surface area contributed by atoms with Crippen LogP contribution >= 0.6 is 0 Å². The molecule has 138 valence electrons. The van der Waals surface area contributed by atoms with Crippen LogP contribution < -0.4 is 15.0 Å². The average Bonchev–Trinajstić information content (AvgIpc) is 2.67. The summed E-state index contributed by atoms with van der Waals surface area (Å²) in [4.78, 5) is 14.8. The van der Waals surface area contributed by atoms with Gasteiger partial charge in [0.1, 0.15) is 5.75 Å². The molecule has 3 rings (SSSR count). The molecule has 2 aromatic rings. The quantitative estimate of drug-likeness (QED) is 0.865. The van der Waals surface area contributed by atoms with Gasteiger partial charge in [-0.25, -0.2) is 0 Å². The first-order valence-electron chi connectivity index (χ1n) is 9.09. The van der Waals surface area contributed by atoms with Gasteiger partial charge in [0.2, 0.25) is 0 Å². The van der Waals surface area contributed by atoms with Crippen molar-refractivity contribution in [1.29, 1.82) is 0 Å². The Balaban J connectivity index is 1.59. The van der Waals surface area contributed by atoms with E-state index in [4.69, 9.17) is 9.47 Å². The second-order valence-corrected chi connectivity index (χ2v) is 6.61. The highest BCUT2D eigenvalue weighted by Crippen LogP contribution is 2.20. The van der Waals surface area contributed by atoms with E-state index >= 15 is 0 Å². The summed E-state index contributed by atoms with van der Waals surface area (Å²) < 4.78 is 11.1. The molecule has 1 N–H and O–H groups in total. The van der Waals surface area contributed by atoms with Crippen molar-refractivity contribution in [2.45, 2.75) is 26.5 Å². The Kier molecular flexibility index (Phi) is 6.12. The van der Waals surface area contributed by atoms with Gasteiger partial charge in [-0.2, -0.15) is 0 Å². The lowest BCUT2D eigenvalue weighted by Crippen LogP contribution is -2.36. The molecule has 0 aromatic heterocycles. The van der Waals surface area contributed by atoms with E-state index in [1.807, 2.05) is 32.0 Å². The van der Waals surface area contributed by atoms with Gasteiger partial charge in [-0.3, -0.25) is 4.79 Å². The molecule has 1 heterocycles. The maximum Gasteiger partial charge on any atom is 0.255 e. The molecular weight excluding hydrogens is 328 g/mol. The van der Waals surface area contributed by atoms with Crippen molar-refractivity contribution >= 4 is 11.6 Å². The third-order valence-corrected chi connectivity index (χ3v) is 4.26. The number of hydrogen-bond acceptors (Lipinski definition) is 4. The molecule has 1 saturated heterocycles. The number of nitrogens with one attached hydrogen (secondary N) is 1. The molecule has 26 heavy (non-hydrogen) atoms. The van der Waals surface area contributed by atoms with Gasteiger partial charge in [0.15, 0.2) is 0 Å². The van der Waals surface area contributed by atoms with E-state index in [2.05, 4.69) is 34.5 Å². The van der Waals surface area contributed by atoms with Crippen molar-refractivity contribution in [2.75, 3.05) is 31.2 Å². The number of hydrogen-bond donors (Lipinski definition) is 1. The number of morpholine rings is 1. The Labute approximate surface area is 154 Å². The lowest BCUT2D eigenvalue weighted by molar-refractivity contribution is 0.0945. The molecule has 0 bridgehead atoms. The van der Waals surface area contributed by atoms with E-state index in [0.29, 0.717) is 17.9 Å². The highest BCUT2D eigenvalue weighted by molar-refractivity contribution is 5.96. The Hall–Kier alpha value is -2.53. The zero-order chi connectivity index (χ0) is 18.4. The van der Waals surface area contributed by atoms with E-state index in [1.54, 1.807) is 6.07 Å². The number of amides is 1. The van der Waals surface area contributed by atoms with Crippen molar-refractivity contribution in [3.05, 3.63) is 59.7 Å². The predicted molar refractivity (Wildman–Crippen MR) is 103 cm³/mol. The Morgan fingerprint density at radius 3 is 2.50 bits per heavy atom. The summed E-state index contributed by atoms with van der Waals surface area (Å²) in [6.07, 6.45) is 0.0247. The summed E-state index contributed by atoms with van der Waals surface area (Å²) >= 11 is 0. The fourth-order valence-corrected chi connectivity index (χ4v) is 2.93. The normalized spacial score (nSPS) is 14.3. The minimum Gasteiger partial charge on any atom is -0.490 e. The van der Waals surface area contributed by atoms with E-state index in [9.17, 15) is 4.79 Å². The van der Waals surface area contributed by atoms with Gasteiger partial charge in [-0.1, -0.05) is 24.3 Å². The Morgan fingerprint density at radius 2 is 1.81 bits per heavy atom. The van der Waals surface area contributed by atoms with Gasteiger partial charge in [0, 0.05) is 25.3 Å². The van der Waals surface area contributed by atoms with Crippen molar-refractivity contribution in [2.24, 2.45) is 0 Å². The van der Waals surface area contributed by atoms with Crippen molar-refractivity contribution < 1.29 is 14.3 Å². The fourth-order valence-electron chi connectivity index (χ4n) is 2.93. The van der Waals surface area contributed by atoms with E-state index in [1.165, 1.54) is 5.69 Å². The molecule has 0 aliphatic carbocycles. The smallest absolute Gasteiger partial charge is 0.255 e. The van der Waals surface area contributed by atoms with Crippen LogP contribution in [0.2, 0.25) is 0 Å². The lowest BCUT2D eigenvalue weighted by atomic mass is 10.1. The largest absolute Gasteiger partial charge is 0.490 e. The number of benzene rings is 2. The molecule has 2 aromatic carbocycles. The molecule has 0 unspecified atom stereocenters. The van der Waals surface area contributed by atoms with Crippen LogP contribution in [-0.2, 0) is 11.3 Å². The third kappa shape index (κ3) is 4.76. The van der Waals surface area contributed by atoms with Crippen LogP contribution in [0.25, 0.3) is 0 Å². The number of rotatable bonds is 6.